The van der Waals surface area contributed by atoms with Crippen molar-refractivity contribution in [3.05, 3.63) is 95.3 Å². The van der Waals surface area contributed by atoms with Crippen LogP contribution in [0.3, 0.4) is 0 Å². The van der Waals surface area contributed by atoms with Crippen LogP contribution >= 0.6 is 0 Å². The van der Waals surface area contributed by atoms with E-state index >= 15 is 0 Å². The van der Waals surface area contributed by atoms with Gasteiger partial charge in [0.2, 0.25) is 0 Å². The Bertz CT molecular complexity index is 1070. The first kappa shape index (κ1) is 17.7. The number of nitrogens with one attached hydrogen (secondary N) is 1. The maximum Gasteiger partial charge on any atom is 0.278 e. The maximum atomic E-state index is 13.6. The molecule has 0 unspecified atom stereocenters. The zero-order valence-electron chi connectivity index (χ0n) is 15.1. The Labute approximate surface area is 161 Å². The minimum atomic E-state index is -0.485. The number of anilines is 1. The quantitative estimate of drug-likeness (QED) is 0.681. The van der Waals surface area contributed by atoms with Crippen LogP contribution in [0.25, 0.3) is 5.57 Å². The topological polar surface area (TPSA) is 62.6 Å². The predicted molar refractivity (Wildman–Crippen MR) is 102 cm³/mol. The molecule has 1 aliphatic heterocycles. The van der Waals surface area contributed by atoms with Crippen molar-refractivity contribution >= 4 is 23.1 Å². The fourth-order valence-corrected chi connectivity index (χ4v) is 3.09. The van der Waals surface area contributed by atoms with Crippen molar-refractivity contribution in [2.75, 3.05) is 5.32 Å². The summed E-state index contributed by atoms with van der Waals surface area (Å²) >= 11 is 0. The van der Waals surface area contributed by atoms with Crippen molar-refractivity contribution < 1.29 is 18.4 Å². The van der Waals surface area contributed by atoms with E-state index in [-0.39, 0.29) is 17.8 Å². The Balaban J connectivity index is 1.76. The minimum Gasteiger partial charge on any atom is -0.467 e. The van der Waals surface area contributed by atoms with E-state index in [0.717, 1.165) is 10.5 Å². The molecule has 3 aromatic rings. The number of furan rings is 1. The molecule has 0 bridgehead atoms. The number of imide groups is 1. The lowest BCUT2D eigenvalue weighted by Crippen LogP contribution is -2.31. The van der Waals surface area contributed by atoms with Crippen LogP contribution in [0.2, 0.25) is 0 Å². The summed E-state index contributed by atoms with van der Waals surface area (Å²) in [6, 6.07) is 16.5. The van der Waals surface area contributed by atoms with Crippen LogP contribution in [0.1, 0.15) is 16.9 Å². The molecule has 0 saturated heterocycles. The Morgan fingerprint density at radius 1 is 1.00 bits per heavy atom. The number of rotatable bonds is 5. The van der Waals surface area contributed by atoms with Gasteiger partial charge < -0.3 is 9.73 Å². The van der Waals surface area contributed by atoms with Crippen LogP contribution in [-0.2, 0) is 16.1 Å². The molecule has 0 radical (unpaired) electrons. The average Bonchev–Trinajstić information content (AvgIpc) is 3.26. The lowest BCUT2D eigenvalue weighted by molar-refractivity contribution is -0.137. The van der Waals surface area contributed by atoms with Crippen molar-refractivity contribution in [3.8, 4) is 0 Å². The number of hydrogen-bond donors (Lipinski definition) is 1. The third-order valence-electron chi connectivity index (χ3n) is 4.50. The molecule has 2 heterocycles. The first-order chi connectivity index (χ1) is 13.5. The van der Waals surface area contributed by atoms with E-state index in [1.807, 2.05) is 19.1 Å². The Hall–Kier alpha value is -3.67. The molecule has 4 rings (SSSR count). The largest absolute Gasteiger partial charge is 0.467 e. The lowest BCUT2D eigenvalue weighted by Gasteiger charge is -2.13. The zero-order chi connectivity index (χ0) is 19.7. The molecule has 28 heavy (non-hydrogen) atoms. The lowest BCUT2D eigenvalue weighted by atomic mass is 10.0. The molecule has 0 aliphatic carbocycles. The van der Waals surface area contributed by atoms with Crippen LogP contribution in [0.5, 0.6) is 0 Å². The van der Waals surface area contributed by atoms with Gasteiger partial charge in [-0.15, -0.1) is 0 Å². The van der Waals surface area contributed by atoms with E-state index in [9.17, 15) is 14.0 Å². The van der Waals surface area contributed by atoms with Gasteiger partial charge in [-0.1, -0.05) is 35.9 Å². The molecule has 1 aliphatic rings. The molecule has 0 spiro atoms. The van der Waals surface area contributed by atoms with Crippen molar-refractivity contribution in [1.82, 2.24) is 4.90 Å². The summed E-state index contributed by atoms with van der Waals surface area (Å²) in [5, 5.41) is 2.93. The van der Waals surface area contributed by atoms with Crippen LogP contribution in [-0.4, -0.2) is 16.7 Å². The molecule has 0 atom stereocenters. The number of hydrogen-bond acceptors (Lipinski definition) is 4. The van der Waals surface area contributed by atoms with Gasteiger partial charge in [-0.2, -0.15) is 0 Å². The van der Waals surface area contributed by atoms with Gasteiger partial charge in [-0.25, -0.2) is 4.39 Å². The predicted octanol–water partition coefficient (Wildman–Crippen LogP) is 4.12. The van der Waals surface area contributed by atoms with Gasteiger partial charge in [0.15, 0.2) is 0 Å². The Kier molecular flexibility index (Phi) is 4.53. The molecule has 1 N–H and O–H groups in total. The molecule has 0 fully saturated rings. The molecule has 6 heteroatoms. The van der Waals surface area contributed by atoms with Gasteiger partial charge in [-0.05, 0) is 42.8 Å². The number of carbonyl (C=O) groups is 2. The summed E-state index contributed by atoms with van der Waals surface area (Å²) in [7, 11) is 0. The minimum absolute atomic E-state index is 0.0222. The smallest absolute Gasteiger partial charge is 0.278 e. The Morgan fingerprint density at radius 3 is 2.46 bits per heavy atom. The fraction of sp³-hybridized carbons (Fsp3) is 0.0909. The second-order valence-electron chi connectivity index (χ2n) is 6.53. The van der Waals surface area contributed by atoms with Crippen molar-refractivity contribution in [2.24, 2.45) is 0 Å². The van der Waals surface area contributed by atoms with E-state index in [0.29, 0.717) is 17.0 Å². The Morgan fingerprint density at radius 2 is 1.79 bits per heavy atom. The highest BCUT2D eigenvalue weighted by atomic mass is 19.1. The first-order valence-corrected chi connectivity index (χ1v) is 8.75. The van der Waals surface area contributed by atoms with Gasteiger partial charge in [0, 0.05) is 5.69 Å². The SMILES string of the molecule is Cc1ccc(C2=C(Nc3cccc(F)c3)C(=O)N(Cc3ccco3)C2=O)cc1. The molecule has 5 nitrogen and oxygen atoms in total. The number of carbonyl (C=O) groups excluding carboxylic acids is 2. The normalized spacial score (nSPS) is 14.1. The van der Waals surface area contributed by atoms with Gasteiger partial charge in [0.25, 0.3) is 11.8 Å². The number of halogens is 1. The van der Waals surface area contributed by atoms with E-state index in [4.69, 9.17) is 4.42 Å². The number of amides is 2. The van der Waals surface area contributed by atoms with E-state index < -0.39 is 17.6 Å². The molecule has 1 aromatic heterocycles. The highest BCUT2D eigenvalue weighted by Crippen LogP contribution is 2.31. The van der Waals surface area contributed by atoms with Gasteiger partial charge >= 0.3 is 0 Å². The molecular formula is C22H17FN2O3. The summed E-state index contributed by atoms with van der Waals surface area (Å²) in [5.74, 6) is -0.853. The standard InChI is InChI=1S/C22H17FN2O3/c1-14-7-9-15(10-8-14)19-20(24-17-5-2-4-16(23)12-17)22(27)25(21(19)26)13-18-6-3-11-28-18/h2-12,24H,13H2,1H3. The summed E-state index contributed by atoms with van der Waals surface area (Å²) in [6.45, 7) is 1.96. The third-order valence-corrected chi connectivity index (χ3v) is 4.50. The van der Waals surface area contributed by atoms with Crippen LogP contribution in [0.4, 0.5) is 10.1 Å². The highest BCUT2D eigenvalue weighted by Gasteiger charge is 2.39. The fourth-order valence-electron chi connectivity index (χ4n) is 3.09. The number of nitrogens with zero attached hydrogens (tertiary/aromatic N) is 1. The molecular weight excluding hydrogens is 359 g/mol. The average molecular weight is 376 g/mol. The maximum absolute atomic E-state index is 13.6. The monoisotopic (exact) mass is 376 g/mol. The van der Waals surface area contributed by atoms with Crippen molar-refractivity contribution in [1.29, 1.82) is 0 Å². The molecule has 0 saturated carbocycles. The highest BCUT2D eigenvalue weighted by molar-refractivity contribution is 6.36. The molecule has 2 aromatic carbocycles. The molecule has 140 valence electrons. The summed E-state index contributed by atoms with van der Waals surface area (Å²) in [6.07, 6.45) is 1.49. The number of aryl methyl sites for hydroxylation is 1. The third kappa shape index (κ3) is 3.32. The molecule has 2 amide bonds. The van der Waals surface area contributed by atoms with E-state index in [1.54, 1.807) is 30.3 Å². The number of benzene rings is 2. The summed E-state index contributed by atoms with van der Waals surface area (Å²) in [4.78, 5) is 27.2. The van der Waals surface area contributed by atoms with Crippen LogP contribution in [0.15, 0.2) is 77.0 Å². The van der Waals surface area contributed by atoms with Crippen LogP contribution < -0.4 is 5.32 Å². The summed E-state index contributed by atoms with van der Waals surface area (Å²) < 4.78 is 18.9. The van der Waals surface area contributed by atoms with Crippen molar-refractivity contribution in [2.45, 2.75) is 13.5 Å². The van der Waals surface area contributed by atoms with Gasteiger partial charge in [0.05, 0.1) is 18.4 Å². The van der Waals surface area contributed by atoms with E-state index in [2.05, 4.69) is 5.32 Å². The summed E-state index contributed by atoms with van der Waals surface area (Å²) in [5.41, 5.74) is 2.41. The van der Waals surface area contributed by atoms with Gasteiger partial charge in [0.1, 0.15) is 17.3 Å². The second-order valence-corrected chi connectivity index (χ2v) is 6.53. The second kappa shape index (κ2) is 7.15. The van der Waals surface area contributed by atoms with Gasteiger partial charge in [-0.3, -0.25) is 14.5 Å². The zero-order valence-corrected chi connectivity index (χ0v) is 15.1. The van der Waals surface area contributed by atoms with E-state index in [1.165, 1.54) is 24.5 Å². The first-order valence-electron chi connectivity index (χ1n) is 8.75. The van der Waals surface area contributed by atoms with Crippen LogP contribution in [0, 0.1) is 12.7 Å². The van der Waals surface area contributed by atoms with Crippen molar-refractivity contribution in [3.63, 3.8) is 0 Å².